The number of carbonyl (C=O) groups excluding carboxylic acids is 1. The van der Waals surface area contributed by atoms with E-state index in [4.69, 9.17) is 0 Å². The molecular formula is C14H26N2O. The van der Waals surface area contributed by atoms with Gasteiger partial charge in [0.05, 0.1) is 6.04 Å². The molecule has 1 atom stereocenters. The van der Waals surface area contributed by atoms with E-state index >= 15 is 0 Å². The van der Waals surface area contributed by atoms with E-state index in [1.165, 1.54) is 38.5 Å². The average Bonchev–Trinajstić information content (AvgIpc) is 2.33. The maximum atomic E-state index is 12.3. The van der Waals surface area contributed by atoms with Crippen LogP contribution >= 0.6 is 0 Å². The lowest BCUT2D eigenvalue weighted by Crippen LogP contribution is -2.58. The van der Waals surface area contributed by atoms with Crippen LogP contribution in [-0.4, -0.2) is 35.5 Å². The lowest BCUT2D eigenvalue weighted by molar-refractivity contribution is -0.134. The van der Waals surface area contributed by atoms with Crippen molar-refractivity contribution in [3.63, 3.8) is 0 Å². The van der Waals surface area contributed by atoms with Gasteiger partial charge in [0, 0.05) is 18.6 Å². The third-order valence-corrected chi connectivity index (χ3v) is 4.55. The minimum Gasteiger partial charge on any atom is -0.341 e. The third kappa shape index (κ3) is 2.82. The van der Waals surface area contributed by atoms with E-state index < -0.39 is 0 Å². The van der Waals surface area contributed by atoms with Crippen molar-refractivity contribution in [3.8, 4) is 0 Å². The SMILES string of the molecule is CCC1(NC(C)C(=O)N2CCCCC2)CCC1. The zero-order valence-corrected chi connectivity index (χ0v) is 11.3. The van der Waals surface area contributed by atoms with Gasteiger partial charge in [0.1, 0.15) is 0 Å². The van der Waals surface area contributed by atoms with Crippen molar-refractivity contribution in [2.75, 3.05) is 13.1 Å². The number of likely N-dealkylation sites (tertiary alicyclic amines) is 1. The van der Waals surface area contributed by atoms with E-state index in [1.807, 2.05) is 11.8 Å². The van der Waals surface area contributed by atoms with Crippen molar-refractivity contribution in [1.82, 2.24) is 10.2 Å². The highest BCUT2D eigenvalue weighted by Gasteiger charge is 2.37. The Kier molecular flexibility index (Phi) is 4.08. The zero-order chi connectivity index (χ0) is 12.3. The van der Waals surface area contributed by atoms with Crippen LogP contribution in [0.2, 0.25) is 0 Å². The molecule has 3 heteroatoms. The minimum atomic E-state index is -0.00616. The van der Waals surface area contributed by atoms with Crippen LogP contribution < -0.4 is 5.32 Å². The zero-order valence-electron chi connectivity index (χ0n) is 11.3. The highest BCUT2D eigenvalue weighted by Crippen LogP contribution is 2.35. The fourth-order valence-electron chi connectivity index (χ4n) is 3.11. The lowest BCUT2D eigenvalue weighted by atomic mass is 9.74. The molecule has 0 aromatic rings. The third-order valence-electron chi connectivity index (χ3n) is 4.55. The number of hydrogen-bond donors (Lipinski definition) is 1. The fraction of sp³-hybridized carbons (Fsp3) is 0.929. The summed E-state index contributed by atoms with van der Waals surface area (Å²) in [6.07, 6.45) is 8.57. The molecule has 3 nitrogen and oxygen atoms in total. The second-order valence-corrected chi connectivity index (χ2v) is 5.74. The number of piperidine rings is 1. The Balaban J connectivity index is 1.85. The highest BCUT2D eigenvalue weighted by atomic mass is 16.2. The Morgan fingerprint density at radius 1 is 1.24 bits per heavy atom. The summed E-state index contributed by atoms with van der Waals surface area (Å²) in [5, 5.41) is 3.59. The van der Waals surface area contributed by atoms with Gasteiger partial charge in [0.2, 0.25) is 5.91 Å². The number of nitrogens with one attached hydrogen (secondary N) is 1. The first-order chi connectivity index (χ1) is 8.17. The van der Waals surface area contributed by atoms with Gasteiger partial charge in [-0.25, -0.2) is 0 Å². The van der Waals surface area contributed by atoms with Crippen LogP contribution in [0.15, 0.2) is 0 Å². The maximum Gasteiger partial charge on any atom is 0.239 e. The van der Waals surface area contributed by atoms with Gasteiger partial charge in [-0.15, -0.1) is 0 Å². The van der Waals surface area contributed by atoms with E-state index in [0.29, 0.717) is 5.91 Å². The highest BCUT2D eigenvalue weighted by molar-refractivity contribution is 5.81. The second kappa shape index (κ2) is 5.38. The van der Waals surface area contributed by atoms with Gasteiger partial charge in [0.15, 0.2) is 0 Å². The fourth-order valence-corrected chi connectivity index (χ4v) is 3.11. The average molecular weight is 238 g/mol. The molecule has 0 aromatic carbocycles. The molecule has 1 N–H and O–H groups in total. The topological polar surface area (TPSA) is 32.3 Å². The number of hydrogen-bond acceptors (Lipinski definition) is 2. The summed E-state index contributed by atoms with van der Waals surface area (Å²) in [6.45, 7) is 6.19. The van der Waals surface area contributed by atoms with Crippen molar-refractivity contribution < 1.29 is 4.79 Å². The molecule has 1 saturated carbocycles. The Hall–Kier alpha value is -0.570. The molecule has 1 unspecified atom stereocenters. The first-order valence-electron chi connectivity index (χ1n) is 7.23. The van der Waals surface area contributed by atoms with Crippen molar-refractivity contribution in [1.29, 1.82) is 0 Å². The number of carbonyl (C=O) groups is 1. The van der Waals surface area contributed by atoms with Crippen molar-refractivity contribution in [2.24, 2.45) is 0 Å². The quantitative estimate of drug-likeness (QED) is 0.815. The van der Waals surface area contributed by atoms with Crippen molar-refractivity contribution in [2.45, 2.75) is 70.4 Å². The minimum absolute atomic E-state index is 0.00616. The summed E-state index contributed by atoms with van der Waals surface area (Å²) < 4.78 is 0. The van der Waals surface area contributed by atoms with Crippen molar-refractivity contribution >= 4 is 5.91 Å². The number of rotatable bonds is 4. The lowest BCUT2D eigenvalue weighted by Gasteiger charge is -2.44. The molecule has 0 spiro atoms. The van der Waals surface area contributed by atoms with Gasteiger partial charge in [-0.2, -0.15) is 0 Å². The molecule has 0 radical (unpaired) electrons. The monoisotopic (exact) mass is 238 g/mol. The standard InChI is InChI=1S/C14H26N2O/c1-3-14(8-7-9-14)15-12(2)13(17)16-10-5-4-6-11-16/h12,15H,3-11H2,1-2H3. The summed E-state index contributed by atoms with van der Waals surface area (Å²) >= 11 is 0. The Labute approximate surface area is 105 Å². The second-order valence-electron chi connectivity index (χ2n) is 5.74. The smallest absolute Gasteiger partial charge is 0.239 e. The molecule has 17 heavy (non-hydrogen) atoms. The van der Waals surface area contributed by atoms with Crippen LogP contribution in [0.5, 0.6) is 0 Å². The predicted octanol–water partition coefficient (Wildman–Crippen LogP) is 2.31. The Bertz CT molecular complexity index is 262. The molecule has 2 fully saturated rings. The molecule has 98 valence electrons. The first-order valence-corrected chi connectivity index (χ1v) is 7.23. The molecule has 0 bridgehead atoms. The normalized spacial score (nSPS) is 25.2. The van der Waals surface area contributed by atoms with E-state index in [9.17, 15) is 4.79 Å². The Morgan fingerprint density at radius 3 is 2.35 bits per heavy atom. The molecule has 2 aliphatic rings. The molecule has 2 rings (SSSR count). The van der Waals surface area contributed by atoms with Gasteiger partial charge < -0.3 is 10.2 Å². The molecule has 0 aromatic heterocycles. The van der Waals surface area contributed by atoms with Crippen LogP contribution in [0, 0.1) is 0 Å². The van der Waals surface area contributed by atoms with Crippen LogP contribution in [0.4, 0.5) is 0 Å². The molecule has 1 aliphatic carbocycles. The molecule has 1 heterocycles. The maximum absolute atomic E-state index is 12.3. The van der Waals surface area contributed by atoms with Gasteiger partial charge in [-0.3, -0.25) is 4.79 Å². The summed E-state index contributed by atoms with van der Waals surface area (Å²) in [5.41, 5.74) is 0.269. The Morgan fingerprint density at radius 2 is 1.88 bits per heavy atom. The van der Waals surface area contributed by atoms with Gasteiger partial charge in [-0.1, -0.05) is 6.92 Å². The number of amides is 1. The largest absolute Gasteiger partial charge is 0.341 e. The molecule has 1 aliphatic heterocycles. The van der Waals surface area contributed by atoms with Crippen LogP contribution in [0.25, 0.3) is 0 Å². The van der Waals surface area contributed by atoms with Crippen molar-refractivity contribution in [3.05, 3.63) is 0 Å². The van der Waals surface area contributed by atoms with Crippen LogP contribution in [-0.2, 0) is 4.79 Å². The summed E-state index contributed by atoms with van der Waals surface area (Å²) in [6, 6.07) is -0.00616. The van der Waals surface area contributed by atoms with E-state index in [-0.39, 0.29) is 11.6 Å². The summed E-state index contributed by atoms with van der Waals surface area (Å²) in [4.78, 5) is 14.3. The van der Waals surface area contributed by atoms with E-state index in [2.05, 4.69) is 12.2 Å². The van der Waals surface area contributed by atoms with Crippen LogP contribution in [0.1, 0.15) is 58.8 Å². The van der Waals surface area contributed by atoms with E-state index in [1.54, 1.807) is 0 Å². The molecular weight excluding hydrogens is 212 g/mol. The summed E-state index contributed by atoms with van der Waals surface area (Å²) in [7, 11) is 0. The number of nitrogens with zero attached hydrogens (tertiary/aromatic N) is 1. The molecule has 1 amide bonds. The van der Waals surface area contributed by atoms with Gasteiger partial charge in [-0.05, 0) is 51.9 Å². The summed E-state index contributed by atoms with van der Waals surface area (Å²) in [5.74, 6) is 0.310. The first kappa shape index (κ1) is 12.9. The van der Waals surface area contributed by atoms with Gasteiger partial charge >= 0.3 is 0 Å². The van der Waals surface area contributed by atoms with E-state index in [0.717, 1.165) is 19.5 Å². The van der Waals surface area contributed by atoms with Crippen LogP contribution in [0.3, 0.4) is 0 Å². The molecule has 1 saturated heterocycles. The van der Waals surface area contributed by atoms with Gasteiger partial charge in [0.25, 0.3) is 0 Å². The predicted molar refractivity (Wildman–Crippen MR) is 69.9 cm³/mol.